The summed E-state index contributed by atoms with van der Waals surface area (Å²) >= 11 is 5.71. The number of benzene rings is 2. The molecule has 0 heterocycles. The third-order valence-corrected chi connectivity index (χ3v) is 2.60. The fourth-order valence-corrected chi connectivity index (χ4v) is 1.66. The number of methoxy groups -OCH3 is 1. The number of halogens is 2. The van der Waals surface area contributed by atoms with Crippen molar-refractivity contribution in [3.63, 3.8) is 0 Å². The predicted octanol–water partition coefficient (Wildman–Crippen LogP) is 4.23. The first-order valence-corrected chi connectivity index (χ1v) is 5.43. The van der Waals surface area contributed by atoms with Crippen LogP contribution in [0.4, 0.5) is 15.8 Å². The van der Waals surface area contributed by atoms with Crippen LogP contribution >= 0.6 is 11.6 Å². The topological polar surface area (TPSA) is 21.3 Å². The van der Waals surface area contributed by atoms with Gasteiger partial charge >= 0.3 is 0 Å². The van der Waals surface area contributed by atoms with Crippen molar-refractivity contribution in [3.8, 4) is 5.75 Å². The average Bonchev–Trinajstić information content (AvgIpc) is 2.34. The van der Waals surface area contributed by atoms with Crippen LogP contribution in [0.5, 0.6) is 5.75 Å². The van der Waals surface area contributed by atoms with Crippen molar-refractivity contribution < 1.29 is 9.13 Å². The second kappa shape index (κ2) is 5.06. The van der Waals surface area contributed by atoms with Crippen LogP contribution in [0.15, 0.2) is 42.5 Å². The molecule has 2 nitrogen and oxygen atoms in total. The molecule has 2 aromatic rings. The molecule has 0 bridgehead atoms. The smallest absolute Gasteiger partial charge is 0.142 e. The second-order valence-corrected chi connectivity index (χ2v) is 3.86. The van der Waals surface area contributed by atoms with Gasteiger partial charge in [0, 0.05) is 5.69 Å². The van der Waals surface area contributed by atoms with E-state index in [9.17, 15) is 4.39 Å². The Morgan fingerprint density at radius 3 is 2.65 bits per heavy atom. The van der Waals surface area contributed by atoms with Crippen molar-refractivity contribution in [2.75, 3.05) is 12.4 Å². The molecule has 0 aliphatic heterocycles. The van der Waals surface area contributed by atoms with Gasteiger partial charge in [-0.1, -0.05) is 23.7 Å². The van der Waals surface area contributed by atoms with Gasteiger partial charge in [0.15, 0.2) is 0 Å². The van der Waals surface area contributed by atoms with Gasteiger partial charge < -0.3 is 10.1 Å². The molecule has 0 aliphatic rings. The number of para-hydroxylation sites is 2. The van der Waals surface area contributed by atoms with Crippen LogP contribution in [-0.4, -0.2) is 7.11 Å². The molecule has 0 fully saturated rings. The fraction of sp³-hybridized carbons (Fsp3) is 0.0769. The molecular weight excluding hydrogens is 241 g/mol. The fourth-order valence-electron chi connectivity index (χ4n) is 1.48. The molecule has 0 saturated carbocycles. The van der Waals surface area contributed by atoms with Gasteiger partial charge in [-0.2, -0.15) is 0 Å². The van der Waals surface area contributed by atoms with Crippen molar-refractivity contribution in [2.24, 2.45) is 0 Å². The number of rotatable bonds is 3. The molecule has 17 heavy (non-hydrogen) atoms. The summed E-state index contributed by atoms with van der Waals surface area (Å²) in [5, 5.41) is 3.20. The quantitative estimate of drug-likeness (QED) is 0.881. The van der Waals surface area contributed by atoms with E-state index in [1.165, 1.54) is 12.1 Å². The highest BCUT2D eigenvalue weighted by atomic mass is 35.5. The molecule has 1 N–H and O–H groups in total. The van der Waals surface area contributed by atoms with E-state index in [-0.39, 0.29) is 5.02 Å². The minimum atomic E-state index is -0.433. The van der Waals surface area contributed by atoms with E-state index in [1.54, 1.807) is 13.2 Å². The van der Waals surface area contributed by atoms with Crippen LogP contribution in [0.25, 0.3) is 0 Å². The van der Waals surface area contributed by atoms with Gasteiger partial charge in [0.05, 0.1) is 17.8 Å². The van der Waals surface area contributed by atoms with Crippen LogP contribution < -0.4 is 10.1 Å². The van der Waals surface area contributed by atoms with E-state index >= 15 is 0 Å². The summed E-state index contributed by atoms with van der Waals surface area (Å²) in [7, 11) is 1.60. The molecule has 0 amide bonds. The number of hydrogen-bond acceptors (Lipinski definition) is 2. The Morgan fingerprint density at radius 2 is 1.94 bits per heavy atom. The maximum absolute atomic E-state index is 13.0. The van der Waals surface area contributed by atoms with Crippen molar-refractivity contribution in [3.05, 3.63) is 53.3 Å². The Labute approximate surface area is 104 Å². The van der Waals surface area contributed by atoms with E-state index in [0.717, 1.165) is 5.69 Å². The number of nitrogens with one attached hydrogen (secondary N) is 1. The van der Waals surface area contributed by atoms with Gasteiger partial charge in [0.1, 0.15) is 11.6 Å². The van der Waals surface area contributed by atoms with Crippen LogP contribution in [0.1, 0.15) is 0 Å². The zero-order valence-corrected chi connectivity index (χ0v) is 9.96. The van der Waals surface area contributed by atoms with E-state index in [1.807, 2.05) is 24.3 Å². The summed E-state index contributed by atoms with van der Waals surface area (Å²) < 4.78 is 18.2. The van der Waals surface area contributed by atoms with E-state index in [4.69, 9.17) is 16.3 Å². The summed E-state index contributed by atoms with van der Waals surface area (Å²) in [4.78, 5) is 0. The largest absolute Gasteiger partial charge is 0.495 e. The molecule has 0 saturated heterocycles. The first-order chi connectivity index (χ1) is 8.20. The summed E-state index contributed by atoms with van der Waals surface area (Å²) in [6, 6.07) is 11.9. The molecule has 4 heteroatoms. The minimum absolute atomic E-state index is 0.0879. The molecule has 0 aliphatic carbocycles. The Hall–Kier alpha value is -1.74. The van der Waals surface area contributed by atoms with E-state index < -0.39 is 5.82 Å². The maximum atomic E-state index is 13.0. The van der Waals surface area contributed by atoms with Crippen LogP contribution in [0.2, 0.25) is 5.02 Å². The summed E-state index contributed by atoms with van der Waals surface area (Å²) in [6.07, 6.45) is 0. The molecule has 2 aromatic carbocycles. The Balaban J connectivity index is 2.28. The van der Waals surface area contributed by atoms with Crippen molar-refractivity contribution >= 4 is 23.0 Å². The average molecular weight is 252 g/mol. The third kappa shape index (κ3) is 2.68. The summed E-state index contributed by atoms with van der Waals surface area (Å²) in [6.45, 7) is 0. The lowest BCUT2D eigenvalue weighted by molar-refractivity contribution is 0.417. The van der Waals surface area contributed by atoms with Crippen LogP contribution in [0.3, 0.4) is 0 Å². The first kappa shape index (κ1) is 11.7. The predicted molar refractivity (Wildman–Crippen MR) is 67.7 cm³/mol. The van der Waals surface area contributed by atoms with Crippen LogP contribution in [-0.2, 0) is 0 Å². The van der Waals surface area contributed by atoms with Crippen molar-refractivity contribution in [1.82, 2.24) is 0 Å². The van der Waals surface area contributed by atoms with Gasteiger partial charge in [-0.3, -0.25) is 0 Å². The van der Waals surface area contributed by atoms with Gasteiger partial charge in [-0.05, 0) is 30.3 Å². The lowest BCUT2D eigenvalue weighted by Gasteiger charge is -2.11. The zero-order chi connectivity index (χ0) is 12.3. The normalized spacial score (nSPS) is 10.1. The lowest BCUT2D eigenvalue weighted by Crippen LogP contribution is -1.94. The maximum Gasteiger partial charge on any atom is 0.142 e. The molecule has 0 spiro atoms. The van der Waals surface area contributed by atoms with Gasteiger partial charge in [0.25, 0.3) is 0 Å². The molecule has 0 atom stereocenters. The Bertz CT molecular complexity index is 531. The summed E-state index contributed by atoms with van der Waals surface area (Å²) in [5.41, 5.74) is 1.51. The second-order valence-electron chi connectivity index (χ2n) is 3.45. The zero-order valence-electron chi connectivity index (χ0n) is 9.21. The standard InChI is InChI=1S/C13H11ClFNO/c1-17-13-5-3-2-4-12(13)16-9-6-7-11(15)10(14)8-9/h2-8,16H,1H3. The Morgan fingerprint density at radius 1 is 1.18 bits per heavy atom. The molecular formula is C13H11ClFNO. The number of anilines is 2. The van der Waals surface area contributed by atoms with Gasteiger partial charge in [-0.15, -0.1) is 0 Å². The van der Waals surface area contributed by atoms with Crippen molar-refractivity contribution in [2.45, 2.75) is 0 Å². The minimum Gasteiger partial charge on any atom is -0.495 e. The molecule has 0 aromatic heterocycles. The van der Waals surface area contributed by atoms with Gasteiger partial charge in [-0.25, -0.2) is 4.39 Å². The van der Waals surface area contributed by atoms with Gasteiger partial charge in [0.2, 0.25) is 0 Å². The van der Waals surface area contributed by atoms with Crippen molar-refractivity contribution in [1.29, 1.82) is 0 Å². The highest BCUT2D eigenvalue weighted by Gasteiger charge is 2.04. The monoisotopic (exact) mass is 251 g/mol. The highest BCUT2D eigenvalue weighted by molar-refractivity contribution is 6.31. The molecule has 88 valence electrons. The SMILES string of the molecule is COc1ccccc1Nc1ccc(F)c(Cl)c1. The molecule has 0 unspecified atom stereocenters. The Kier molecular flexibility index (Phi) is 3.49. The highest BCUT2D eigenvalue weighted by Crippen LogP contribution is 2.28. The molecule has 0 radical (unpaired) electrons. The van der Waals surface area contributed by atoms with Crippen LogP contribution in [0, 0.1) is 5.82 Å². The summed E-state index contributed by atoms with van der Waals surface area (Å²) in [5.74, 6) is 0.283. The third-order valence-electron chi connectivity index (χ3n) is 2.31. The van der Waals surface area contributed by atoms with E-state index in [0.29, 0.717) is 11.4 Å². The molecule has 2 rings (SSSR count). The number of hydrogen-bond donors (Lipinski definition) is 1. The lowest BCUT2D eigenvalue weighted by atomic mass is 10.2. The number of ether oxygens (including phenoxy) is 1. The van der Waals surface area contributed by atoms with E-state index in [2.05, 4.69) is 5.32 Å². The first-order valence-electron chi connectivity index (χ1n) is 5.06.